The Kier molecular flexibility index (Phi) is 3.45. The highest BCUT2D eigenvalue weighted by molar-refractivity contribution is 7.14. The van der Waals surface area contributed by atoms with E-state index < -0.39 is 17.6 Å². The lowest BCUT2D eigenvalue weighted by atomic mass is 10.2. The minimum Gasteiger partial charge on any atom is -0.329 e. The van der Waals surface area contributed by atoms with Crippen molar-refractivity contribution < 1.29 is 17.6 Å². The van der Waals surface area contributed by atoms with E-state index in [4.69, 9.17) is 11.6 Å². The molecule has 0 amide bonds. The minimum absolute atomic E-state index is 0.190. The third kappa shape index (κ3) is 2.91. The van der Waals surface area contributed by atoms with Gasteiger partial charge in [0.1, 0.15) is 11.0 Å². The van der Waals surface area contributed by atoms with Gasteiger partial charge in [0.25, 0.3) is 0 Å². The third-order valence-electron chi connectivity index (χ3n) is 2.01. The molecule has 8 heteroatoms. The molecule has 0 unspecified atom stereocenters. The number of alkyl halides is 3. The number of thiazole rings is 1. The SMILES string of the molecule is Fc1ccc(C(F)(F)F)cc1Nc1nc(Cl)cs1. The maximum atomic E-state index is 13.4. The summed E-state index contributed by atoms with van der Waals surface area (Å²) in [5.41, 5.74) is -1.23. The summed E-state index contributed by atoms with van der Waals surface area (Å²) in [5, 5.41) is 4.35. The predicted molar refractivity (Wildman–Crippen MR) is 61.8 cm³/mol. The second-order valence-electron chi connectivity index (χ2n) is 3.29. The normalized spacial score (nSPS) is 11.6. The van der Waals surface area contributed by atoms with Gasteiger partial charge in [0.05, 0.1) is 11.3 Å². The first kappa shape index (κ1) is 13.1. The Balaban J connectivity index is 2.32. The highest BCUT2D eigenvalue weighted by Crippen LogP contribution is 2.33. The molecule has 2 nitrogen and oxygen atoms in total. The summed E-state index contributed by atoms with van der Waals surface area (Å²) in [7, 11) is 0. The number of rotatable bonds is 2. The zero-order valence-corrected chi connectivity index (χ0v) is 10.1. The molecule has 0 radical (unpaired) electrons. The van der Waals surface area contributed by atoms with Crippen LogP contribution in [0.25, 0.3) is 0 Å². The van der Waals surface area contributed by atoms with Crippen LogP contribution in [-0.4, -0.2) is 4.98 Å². The van der Waals surface area contributed by atoms with Crippen LogP contribution in [0.5, 0.6) is 0 Å². The fourth-order valence-electron chi connectivity index (χ4n) is 1.22. The van der Waals surface area contributed by atoms with E-state index in [2.05, 4.69) is 10.3 Å². The minimum atomic E-state index is -4.52. The molecule has 18 heavy (non-hydrogen) atoms. The smallest absolute Gasteiger partial charge is 0.329 e. The predicted octanol–water partition coefficient (Wildman–Crippen LogP) is 4.70. The van der Waals surface area contributed by atoms with Gasteiger partial charge in [-0.2, -0.15) is 13.2 Å². The summed E-state index contributed by atoms with van der Waals surface area (Å²) in [6.07, 6.45) is -4.52. The van der Waals surface area contributed by atoms with Gasteiger partial charge < -0.3 is 5.32 Å². The van der Waals surface area contributed by atoms with Crippen LogP contribution >= 0.6 is 22.9 Å². The van der Waals surface area contributed by atoms with Crippen molar-refractivity contribution in [3.8, 4) is 0 Å². The van der Waals surface area contributed by atoms with Crippen molar-refractivity contribution in [2.45, 2.75) is 6.18 Å². The molecule has 2 rings (SSSR count). The van der Waals surface area contributed by atoms with E-state index in [1.54, 1.807) is 0 Å². The van der Waals surface area contributed by atoms with Crippen LogP contribution in [0.3, 0.4) is 0 Å². The van der Waals surface area contributed by atoms with Crippen LogP contribution in [0.1, 0.15) is 5.56 Å². The van der Waals surface area contributed by atoms with Crippen LogP contribution in [0.15, 0.2) is 23.6 Å². The Labute approximate surface area is 108 Å². The first-order chi connectivity index (χ1) is 8.36. The summed E-state index contributed by atoms with van der Waals surface area (Å²) in [6, 6.07) is 2.11. The first-order valence-electron chi connectivity index (χ1n) is 4.61. The number of halogens is 5. The molecule has 96 valence electrons. The Bertz CT molecular complexity index is 567. The molecule has 0 aliphatic carbocycles. The summed E-state index contributed by atoms with van der Waals surface area (Å²) < 4.78 is 50.7. The second-order valence-corrected chi connectivity index (χ2v) is 4.54. The molecule has 1 N–H and O–H groups in total. The fourth-order valence-corrected chi connectivity index (χ4v) is 2.07. The molecule has 0 atom stereocenters. The molecule has 2 aromatic rings. The molecular formula is C10H5ClF4N2S. The fraction of sp³-hybridized carbons (Fsp3) is 0.100. The monoisotopic (exact) mass is 296 g/mol. The Morgan fingerprint density at radius 2 is 2.00 bits per heavy atom. The summed E-state index contributed by atoms with van der Waals surface area (Å²) >= 11 is 6.62. The van der Waals surface area contributed by atoms with Crippen molar-refractivity contribution in [2.24, 2.45) is 0 Å². The molecular weight excluding hydrogens is 292 g/mol. The maximum Gasteiger partial charge on any atom is 0.416 e. The van der Waals surface area contributed by atoms with Gasteiger partial charge in [-0.05, 0) is 18.2 Å². The van der Waals surface area contributed by atoms with E-state index in [-0.39, 0.29) is 16.0 Å². The molecule has 1 aromatic heterocycles. The van der Waals surface area contributed by atoms with E-state index in [0.717, 1.165) is 17.4 Å². The molecule has 1 aromatic carbocycles. The summed E-state index contributed by atoms with van der Waals surface area (Å²) in [6.45, 7) is 0. The van der Waals surface area contributed by atoms with Crippen molar-refractivity contribution in [3.05, 3.63) is 40.1 Å². The average Bonchev–Trinajstić information content (AvgIpc) is 2.66. The Morgan fingerprint density at radius 3 is 2.56 bits per heavy atom. The van der Waals surface area contributed by atoms with Gasteiger partial charge in [0, 0.05) is 5.38 Å². The van der Waals surface area contributed by atoms with Crippen LogP contribution in [-0.2, 0) is 6.18 Å². The van der Waals surface area contributed by atoms with Crippen molar-refractivity contribution in [1.82, 2.24) is 4.98 Å². The van der Waals surface area contributed by atoms with E-state index in [0.29, 0.717) is 12.1 Å². The molecule has 1 heterocycles. The number of benzene rings is 1. The number of nitrogens with one attached hydrogen (secondary N) is 1. The van der Waals surface area contributed by atoms with Crippen LogP contribution in [0, 0.1) is 5.82 Å². The third-order valence-corrected chi connectivity index (χ3v) is 3.09. The van der Waals surface area contributed by atoms with Gasteiger partial charge in [-0.3, -0.25) is 0 Å². The average molecular weight is 297 g/mol. The molecule has 0 bridgehead atoms. The Morgan fingerprint density at radius 1 is 1.28 bits per heavy atom. The quantitative estimate of drug-likeness (QED) is 0.813. The number of nitrogens with zero attached hydrogens (tertiary/aromatic N) is 1. The van der Waals surface area contributed by atoms with E-state index in [1.807, 2.05) is 0 Å². The van der Waals surface area contributed by atoms with Gasteiger partial charge in [0.2, 0.25) is 0 Å². The molecule has 0 spiro atoms. The van der Waals surface area contributed by atoms with Gasteiger partial charge in [-0.25, -0.2) is 9.37 Å². The topological polar surface area (TPSA) is 24.9 Å². The van der Waals surface area contributed by atoms with Crippen molar-refractivity contribution in [3.63, 3.8) is 0 Å². The number of hydrogen-bond donors (Lipinski definition) is 1. The van der Waals surface area contributed by atoms with Crippen LogP contribution < -0.4 is 5.32 Å². The van der Waals surface area contributed by atoms with Gasteiger partial charge in [-0.1, -0.05) is 11.6 Å². The zero-order chi connectivity index (χ0) is 13.3. The van der Waals surface area contributed by atoms with E-state index >= 15 is 0 Å². The first-order valence-corrected chi connectivity index (χ1v) is 5.87. The number of anilines is 2. The summed E-state index contributed by atoms with van der Waals surface area (Å²) in [5.74, 6) is -0.797. The lowest BCUT2D eigenvalue weighted by Crippen LogP contribution is -2.06. The highest BCUT2D eigenvalue weighted by Gasteiger charge is 2.31. The van der Waals surface area contributed by atoms with Crippen LogP contribution in [0.4, 0.5) is 28.4 Å². The Hall–Kier alpha value is -1.34. The van der Waals surface area contributed by atoms with E-state index in [9.17, 15) is 17.6 Å². The lowest BCUT2D eigenvalue weighted by Gasteiger charge is -2.10. The van der Waals surface area contributed by atoms with Crippen LogP contribution in [0.2, 0.25) is 5.15 Å². The van der Waals surface area contributed by atoms with Crippen molar-refractivity contribution in [2.75, 3.05) is 5.32 Å². The maximum absolute atomic E-state index is 13.4. The van der Waals surface area contributed by atoms with E-state index in [1.165, 1.54) is 5.38 Å². The number of hydrogen-bond acceptors (Lipinski definition) is 3. The molecule has 0 aliphatic rings. The molecule has 0 fully saturated rings. The van der Waals surface area contributed by atoms with Gasteiger partial charge in [-0.15, -0.1) is 11.3 Å². The lowest BCUT2D eigenvalue weighted by molar-refractivity contribution is -0.137. The zero-order valence-electron chi connectivity index (χ0n) is 8.55. The van der Waals surface area contributed by atoms with Gasteiger partial charge in [0.15, 0.2) is 5.13 Å². The van der Waals surface area contributed by atoms with Crippen molar-refractivity contribution in [1.29, 1.82) is 0 Å². The summed E-state index contributed by atoms with van der Waals surface area (Å²) in [4.78, 5) is 3.76. The number of aromatic nitrogens is 1. The van der Waals surface area contributed by atoms with Crippen molar-refractivity contribution >= 4 is 33.8 Å². The molecule has 0 aliphatic heterocycles. The standard InChI is InChI=1S/C10H5ClF4N2S/c11-8-4-18-9(17-8)16-7-3-5(10(13,14)15)1-2-6(7)12/h1-4H,(H,16,17). The highest BCUT2D eigenvalue weighted by atomic mass is 35.5. The molecule has 0 saturated heterocycles. The largest absolute Gasteiger partial charge is 0.416 e. The van der Waals surface area contributed by atoms with Gasteiger partial charge >= 0.3 is 6.18 Å². The molecule has 0 saturated carbocycles. The second kappa shape index (κ2) is 4.74.